The molecule has 1 heterocycles. The van der Waals surface area contributed by atoms with E-state index in [-0.39, 0.29) is 29.7 Å². The van der Waals surface area contributed by atoms with Crippen molar-refractivity contribution in [3.05, 3.63) is 72.3 Å². The van der Waals surface area contributed by atoms with Crippen molar-refractivity contribution in [1.29, 1.82) is 0 Å². The number of nitrogens with one attached hydrogen (secondary N) is 2. The van der Waals surface area contributed by atoms with Crippen LogP contribution >= 0.6 is 0 Å². The van der Waals surface area contributed by atoms with E-state index in [1.54, 1.807) is 6.07 Å². The third kappa shape index (κ3) is 7.35. The normalized spacial score (nSPS) is 18.5. The number of anilines is 3. The smallest absolute Gasteiger partial charge is 0.484 e. The van der Waals surface area contributed by atoms with Gasteiger partial charge in [-0.15, -0.1) is 13.2 Å². The van der Waals surface area contributed by atoms with Gasteiger partial charge in [0, 0.05) is 23.5 Å². The maximum absolute atomic E-state index is 12.6. The van der Waals surface area contributed by atoms with E-state index in [0.717, 1.165) is 30.3 Å². The Morgan fingerprint density at radius 1 is 1.02 bits per heavy atom. The molecule has 0 aliphatic heterocycles. The van der Waals surface area contributed by atoms with E-state index >= 15 is 0 Å². The summed E-state index contributed by atoms with van der Waals surface area (Å²) in [7, 11) is 0. The number of halogens is 3. The first-order chi connectivity index (χ1) is 19.8. The van der Waals surface area contributed by atoms with Crippen LogP contribution in [0.2, 0.25) is 0 Å². The average molecular weight is 581 g/mol. The van der Waals surface area contributed by atoms with E-state index in [4.69, 9.17) is 9.72 Å². The van der Waals surface area contributed by atoms with Gasteiger partial charge in [-0.2, -0.15) is 0 Å². The first-order valence-corrected chi connectivity index (χ1v) is 14.0. The minimum Gasteiger partial charge on any atom is -0.484 e. The highest BCUT2D eigenvalue weighted by molar-refractivity contribution is 5.92. The number of rotatable bonds is 8. The number of amides is 1. The molecule has 0 spiro atoms. The lowest BCUT2D eigenvalue weighted by molar-refractivity contribution is -0.274. The van der Waals surface area contributed by atoms with Gasteiger partial charge in [0.05, 0.1) is 11.0 Å². The van der Waals surface area contributed by atoms with Crippen LogP contribution in [0.1, 0.15) is 51.6 Å². The summed E-state index contributed by atoms with van der Waals surface area (Å²) in [6.45, 7) is 8.60. The zero-order chi connectivity index (χ0) is 30.1. The largest absolute Gasteiger partial charge is 0.573 e. The monoisotopic (exact) mass is 580 g/mol. The van der Waals surface area contributed by atoms with Gasteiger partial charge in [-0.3, -0.25) is 4.79 Å². The van der Waals surface area contributed by atoms with E-state index in [2.05, 4.69) is 40.7 Å². The molecule has 1 aliphatic rings. The molecule has 1 fully saturated rings. The fourth-order valence-electron chi connectivity index (χ4n) is 6.06. The van der Waals surface area contributed by atoms with Crippen molar-refractivity contribution in [2.45, 2.75) is 59.4 Å². The Balaban J connectivity index is 1.40. The van der Waals surface area contributed by atoms with Gasteiger partial charge in [0.2, 0.25) is 5.95 Å². The third-order valence-electron chi connectivity index (χ3n) is 7.41. The highest BCUT2D eigenvalue weighted by Gasteiger charge is 2.35. The summed E-state index contributed by atoms with van der Waals surface area (Å²) in [5, 5.41) is 6.14. The standard InChI is InChI=1S/C32H35F3N4O3/c1-20-6-5-7-23(14-20)36-29(40)19-41-26-12-13-28-27(16-26)38-30(39(28)24-15-21(2)17-31(3,4)18-24)37-22-8-10-25(11-9-22)42-32(33,34)35/h5-14,16,21,24H,15,17-19H2,1-4H3,(H,36,40)(H,37,38)/t21-,24-/m1/s1. The summed E-state index contributed by atoms with van der Waals surface area (Å²) in [5.74, 6) is 1.03. The Kier molecular flexibility index (Phi) is 8.08. The molecular formula is C32H35F3N4O3. The van der Waals surface area contributed by atoms with Gasteiger partial charge >= 0.3 is 6.36 Å². The summed E-state index contributed by atoms with van der Waals surface area (Å²) in [4.78, 5) is 17.3. The SMILES string of the molecule is Cc1cccc(NC(=O)COc2ccc3c(c2)nc(Nc2ccc(OC(F)(F)F)cc2)n3[C@@H]2C[C@@H](C)CC(C)(C)C2)c1. The number of aryl methyl sites for hydroxylation is 1. The molecule has 1 aliphatic carbocycles. The number of hydrogen-bond acceptors (Lipinski definition) is 5. The number of imidazole rings is 1. The van der Waals surface area contributed by atoms with Crippen LogP contribution in [-0.4, -0.2) is 28.4 Å². The molecular weight excluding hydrogens is 545 g/mol. The zero-order valence-corrected chi connectivity index (χ0v) is 24.1. The summed E-state index contributed by atoms with van der Waals surface area (Å²) in [6, 6.07) is 18.8. The minimum absolute atomic E-state index is 0.139. The van der Waals surface area contributed by atoms with E-state index in [1.165, 1.54) is 24.3 Å². The number of benzene rings is 3. The lowest BCUT2D eigenvalue weighted by Gasteiger charge is -2.40. The summed E-state index contributed by atoms with van der Waals surface area (Å²) in [5.41, 5.74) is 4.05. The molecule has 1 saturated carbocycles. The van der Waals surface area contributed by atoms with E-state index in [9.17, 15) is 18.0 Å². The van der Waals surface area contributed by atoms with Crippen molar-refractivity contribution >= 4 is 34.3 Å². The van der Waals surface area contributed by atoms with Crippen molar-refractivity contribution in [2.75, 3.05) is 17.2 Å². The highest BCUT2D eigenvalue weighted by atomic mass is 19.4. The van der Waals surface area contributed by atoms with Gasteiger partial charge in [-0.05, 0) is 91.6 Å². The summed E-state index contributed by atoms with van der Waals surface area (Å²) < 4.78 is 49.9. The molecule has 7 nitrogen and oxygen atoms in total. The van der Waals surface area contributed by atoms with Gasteiger partial charge < -0.3 is 24.7 Å². The molecule has 1 aromatic heterocycles. The fraction of sp³-hybridized carbons (Fsp3) is 0.375. The molecule has 4 aromatic rings. The predicted octanol–water partition coefficient (Wildman–Crippen LogP) is 8.39. The van der Waals surface area contributed by atoms with E-state index in [0.29, 0.717) is 34.5 Å². The molecule has 42 heavy (non-hydrogen) atoms. The Bertz CT molecular complexity index is 1560. The van der Waals surface area contributed by atoms with Crippen molar-refractivity contribution in [3.63, 3.8) is 0 Å². The van der Waals surface area contributed by atoms with Gasteiger partial charge in [0.15, 0.2) is 6.61 Å². The number of nitrogens with zero attached hydrogens (tertiary/aromatic N) is 2. The predicted molar refractivity (Wildman–Crippen MR) is 157 cm³/mol. The van der Waals surface area contributed by atoms with E-state index < -0.39 is 6.36 Å². The van der Waals surface area contributed by atoms with E-state index in [1.807, 2.05) is 43.3 Å². The van der Waals surface area contributed by atoms with Gasteiger partial charge in [0.1, 0.15) is 11.5 Å². The Labute approximate surface area is 243 Å². The number of aromatic nitrogens is 2. The molecule has 10 heteroatoms. The van der Waals surface area contributed by atoms with Crippen LogP contribution in [0.15, 0.2) is 66.7 Å². The molecule has 2 N–H and O–H groups in total. The summed E-state index contributed by atoms with van der Waals surface area (Å²) >= 11 is 0. The van der Waals surface area contributed by atoms with Crippen LogP contribution < -0.4 is 20.1 Å². The molecule has 0 saturated heterocycles. The first-order valence-electron chi connectivity index (χ1n) is 14.0. The Morgan fingerprint density at radius 2 is 1.76 bits per heavy atom. The molecule has 3 aromatic carbocycles. The second-order valence-electron chi connectivity index (χ2n) is 11.9. The lowest BCUT2D eigenvalue weighted by Crippen LogP contribution is -2.29. The first kappa shape index (κ1) is 29.3. The quantitative estimate of drug-likeness (QED) is 0.219. The van der Waals surface area contributed by atoms with Gasteiger partial charge in [-0.25, -0.2) is 4.98 Å². The van der Waals surface area contributed by atoms with Crippen molar-refractivity contribution < 1.29 is 27.4 Å². The van der Waals surface area contributed by atoms with Crippen molar-refractivity contribution in [2.24, 2.45) is 11.3 Å². The number of carbonyl (C=O) groups excluding carboxylic acids is 1. The number of hydrogen-bond donors (Lipinski definition) is 2. The summed E-state index contributed by atoms with van der Waals surface area (Å²) in [6.07, 6.45) is -1.71. The average Bonchev–Trinajstić information content (AvgIpc) is 3.23. The highest BCUT2D eigenvalue weighted by Crippen LogP contribution is 2.46. The van der Waals surface area contributed by atoms with Crippen LogP contribution in [0.3, 0.4) is 0 Å². The minimum atomic E-state index is -4.76. The van der Waals surface area contributed by atoms with Crippen molar-refractivity contribution in [1.82, 2.24) is 9.55 Å². The Morgan fingerprint density at radius 3 is 2.45 bits per heavy atom. The molecule has 1 amide bonds. The fourth-order valence-corrected chi connectivity index (χ4v) is 6.06. The number of carbonyl (C=O) groups is 1. The topological polar surface area (TPSA) is 77.4 Å². The molecule has 222 valence electrons. The number of fused-ring (bicyclic) bond motifs is 1. The molecule has 0 bridgehead atoms. The van der Waals surface area contributed by atoms with Crippen LogP contribution in [0.4, 0.5) is 30.5 Å². The molecule has 0 unspecified atom stereocenters. The molecule has 5 rings (SSSR count). The maximum Gasteiger partial charge on any atom is 0.573 e. The van der Waals surface area contributed by atoms with Crippen LogP contribution in [-0.2, 0) is 4.79 Å². The molecule has 2 atom stereocenters. The third-order valence-corrected chi connectivity index (χ3v) is 7.41. The Hall–Kier alpha value is -4.21. The van der Waals surface area contributed by atoms with Gasteiger partial charge in [-0.1, -0.05) is 32.9 Å². The van der Waals surface area contributed by atoms with Crippen molar-refractivity contribution in [3.8, 4) is 11.5 Å². The van der Waals surface area contributed by atoms with Gasteiger partial charge in [0.25, 0.3) is 5.91 Å². The molecule has 0 radical (unpaired) electrons. The maximum atomic E-state index is 12.6. The van der Waals surface area contributed by atoms with Crippen LogP contribution in [0.25, 0.3) is 11.0 Å². The number of alkyl halides is 3. The van der Waals surface area contributed by atoms with Crippen LogP contribution in [0, 0.1) is 18.3 Å². The number of ether oxygens (including phenoxy) is 2. The zero-order valence-electron chi connectivity index (χ0n) is 24.1. The second kappa shape index (κ2) is 11.6. The van der Waals surface area contributed by atoms with Crippen LogP contribution in [0.5, 0.6) is 11.5 Å². The second-order valence-corrected chi connectivity index (χ2v) is 11.9. The lowest BCUT2D eigenvalue weighted by atomic mass is 9.70.